The molecule has 3 aliphatic rings. The molecule has 1 saturated heterocycles. The van der Waals surface area contributed by atoms with Crippen LogP contribution in [0.3, 0.4) is 0 Å². The highest BCUT2D eigenvalue weighted by atomic mass is 32.1. The fourth-order valence-electron chi connectivity index (χ4n) is 10.3. The molecule has 3 aromatic carbocycles. The van der Waals surface area contributed by atoms with Gasteiger partial charge in [-0.2, -0.15) is 0 Å². The quantitative estimate of drug-likeness (QED) is 0.0536. The van der Waals surface area contributed by atoms with E-state index in [0.717, 1.165) is 68.0 Å². The summed E-state index contributed by atoms with van der Waals surface area (Å²) < 4.78 is 6.34. The van der Waals surface area contributed by atoms with Gasteiger partial charge < -0.3 is 42.4 Å². The van der Waals surface area contributed by atoms with Gasteiger partial charge in [-0.15, -0.1) is 11.3 Å². The largest absolute Gasteiger partial charge is 0.392 e. The number of likely N-dealkylation sites (tertiary alicyclic amines) is 1. The lowest BCUT2D eigenvalue weighted by atomic mass is 9.84. The van der Waals surface area contributed by atoms with E-state index < -0.39 is 60.0 Å². The maximum atomic E-state index is 14.0. The van der Waals surface area contributed by atoms with Crippen molar-refractivity contribution in [3.8, 4) is 10.4 Å². The van der Waals surface area contributed by atoms with Gasteiger partial charge in [0, 0.05) is 25.8 Å². The third-order valence-corrected chi connectivity index (χ3v) is 15.6. The summed E-state index contributed by atoms with van der Waals surface area (Å²) in [5, 5.41) is 31.8. The van der Waals surface area contributed by atoms with E-state index in [1.807, 2.05) is 109 Å². The van der Waals surface area contributed by atoms with Crippen LogP contribution in [0.1, 0.15) is 125 Å². The Morgan fingerprint density at radius 1 is 0.944 bits per heavy atom. The van der Waals surface area contributed by atoms with E-state index in [1.165, 1.54) is 0 Å². The molecule has 0 bridgehead atoms. The summed E-state index contributed by atoms with van der Waals surface area (Å²) in [5.74, 6) is -1.60. The Kier molecular flexibility index (Phi) is 17.7. The Labute approximate surface area is 427 Å². The van der Waals surface area contributed by atoms with E-state index >= 15 is 0 Å². The number of anilines is 1. The smallest absolute Gasteiger partial charge is 0.244 e. The molecule has 4 aromatic rings. The summed E-state index contributed by atoms with van der Waals surface area (Å²) in [7, 11) is 0. The van der Waals surface area contributed by atoms with Crippen LogP contribution in [0.4, 0.5) is 5.69 Å². The van der Waals surface area contributed by atoms with Gasteiger partial charge in [0.05, 0.1) is 70.8 Å². The lowest BCUT2D eigenvalue weighted by molar-refractivity contribution is -0.135. The van der Waals surface area contributed by atoms with Crippen molar-refractivity contribution in [1.29, 1.82) is 0 Å². The van der Waals surface area contributed by atoms with Gasteiger partial charge in [-0.05, 0) is 117 Å². The van der Waals surface area contributed by atoms with Crippen LogP contribution in [0.25, 0.3) is 10.4 Å². The molecule has 9 N–H and O–H groups in total. The molecule has 3 aliphatic heterocycles. The van der Waals surface area contributed by atoms with Crippen LogP contribution >= 0.6 is 11.3 Å². The van der Waals surface area contributed by atoms with Gasteiger partial charge in [-0.25, -0.2) is 4.98 Å². The molecule has 16 nitrogen and oxygen atoms in total. The van der Waals surface area contributed by atoms with Crippen LogP contribution in [0.5, 0.6) is 0 Å². The number of β-amino-alcohol motifs (C(OH)–C–C–N with tert-alkyl or cyclic N) is 1. The number of hydrogen-bond acceptors (Lipinski definition) is 12. The zero-order valence-electron chi connectivity index (χ0n) is 42.8. The second kappa shape index (κ2) is 23.5. The van der Waals surface area contributed by atoms with Crippen LogP contribution < -0.4 is 32.3 Å². The molecule has 0 aliphatic carbocycles. The molecule has 9 atom stereocenters. The first-order valence-corrected chi connectivity index (χ1v) is 26.3. The van der Waals surface area contributed by atoms with E-state index in [-0.39, 0.29) is 68.5 Å². The number of unbranched alkanes of at least 4 members (excludes halogenated alkanes) is 1. The molecule has 0 spiro atoms. The van der Waals surface area contributed by atoms with Gasteiger partial charge in [0.15, 0.2) is 0 Å². The third-order valence-electron chi connectivity index (χ3n) is 14.7. The Hall–Kier alpha value is -5.56. The average Bonchev–Trinajstić information content (AvgIpc) is 4.05. The number of nitrogens with two attached hydrogens (primary N) is 2. The monoisotopic (exact) mass is 1010 g/mol. The van der Waals surface area contributed by atoms with Gasteiger partial charge in [-0.1, -0.05) is 81.4 Å². The van der Waals surface area contributed by atoms with Crippen molar-refractivity contribution in [3.05, 3.63) is 105 Å². The van der Waals surface area contributed by atoms with Crippen LogP contribution in [-0.2, 0) is 54.6 Å². The minimum absolute atomic E-state index is 0.0477. The number of carbonyl (C=O) groups excluding carboxylic acids is 5. The number of rotatable bonds is 21. The molecule has 1 unspecified atom stereocenters. The summed E-state index contributed by atoms with van der Waals surface area (Å²) in [5.41, 5.74) is 21.8. The molecule has 4 heterocycles. The maximum absolute atomic E-state index is 14.0. The molecule has 1 fully saturated rings. The second-order valence-electron chi connectivity index (χ2n) is 21.1. The number of nitrogens with zero attached hydrogens (tertiary/aromatic N) is 3. The molecule has 7 rings (SSSR count). The van der Waals surface area contributed by atoms with Crippen molar-refractivity contribution in [1.82, 2.24) is 25.8 Å². The molecular formula is C55H74N8O8S. The standard InChI is InChI=1S/C55H74N8O8S/c1-31-25-35(15-16-40(31)29-71-34(4)43(23-24-46(57)65)60-52(68)45-26-39-13-10-12-37-21-22-42(56)53(69)63(45)48(37)39)11-8-9-14-47(66)61-50(55(5,6)7)54(70)62-28-41(64)27-44(62)51(67)59-32(2)36-17-19-38(20-18-36)49-33(3)58-30-72-49/h10,12-13,15-20,25,30,32,34,41-45,50,54,64,70H,8-9,11,14,21-24,26-29,56H2,1-7H3,(H2,57,65)(H,59,67)(H,60,68)(H,61,66)/t32-,34+,41+,42-,43-,44-,45-,50+,54?/m0/s1. The lowest BCUT2D eigenvalue weighted by Crippen LogP contribution is -2.60. The zero-order chi connectivity index (χ0) is 52.0. The van der Waals surface area contributed by atoms with E-state index in [1.54, 1.807) is 21.1 Å². The van der Waals surface area contributed by atoms with Crippen LogP contribution in [-0.4, -0.2) is 105 Å². The number of aliphatic hydroxyl groups excluding tert-OH is 2. The number of carbonyl (C=O) groups is 5. The number of benzene rings is 3. The summed E-state index contributed by atoms with van der Waals surface area (Å²) in [4.78, 5) is 75.2. The molecule has 72 heavy (non-hydrogen) atoms. The minimum atomic E-state index is -1.22. The fraction of sp³-hybridized carbons (Fsp3) is 0.527. The topological polar surface area (TPSA) is 243 Å². The zero-order valence-corrected chi connectivity index (χ0v) is 43.6. The molecule has 0 radical (unpaired) electrons. The highest BCUT2D eigenvalue weighted by molar-refractivity contribution is 7.13. The molecule has 5 amide bonds. The van der Waals surface area contributed by atoms with Crippen LogP contribution in [0.2, 0.25) is 0 Å². The van der Waals surface area contributed by atoms with E-state index in [0.29, 0.717) is 25.7 Å². The SMILES string of the molecule is Cc1cc(CCCCC(=O)N[C@H](C(O)N2C[C@H](O)C[C@H]2C(=O)N[C@@H](C)c2ccc(-c3scnc3C)cc2)C(C)(C)C)ccc1CO[C@H](C)[C@H](CCC(N)=O)NC(=O)[C@@H]1Cc2cccc3c2N1C(=O)[C@@H](N)CC3. The Morgan fingerprint density at radius 3 is 2.35 bits per heavy atom. The number of nitrogens with one attached hydrogen (secondary N) is 3. The van der Waals surface area contributed by atoms with Crippen LogP contribution in [0, 0.1) is 19.3 Å². The molecule has 17 heteroatoms. The number of aliphatic hydroxyl groups is 2. The molecule has 388 valence electrons. The number of ether oxygens (including phenoxy) is 1. The van der Waals surface area contributed by atoms with E-state index in [4.69, 9.17) is 16.2 Å². The van der Waals surface area contributed by atoms with E-state index in [2.05, 4.69) is 27.0 Å². The van der Waals surface area contributed by atoms with Crippen LogP contribution in [0.15, 0.2) is 66.2 Å². The van der Waals surface area contributed by atoms with Gasteiger partial charge in [0.25, 0.3) is 0 Å². The Morgan fingerprint density at radius 2 is 1.67 bits per heavy atom. The number of primary amides is 1. The van der Waals surface area contributed by atoms with Gasteiger partial charge in [0.1, 0.15) is 12.3 Å². The van der Waals surface area contributed by atoms with Crippen molar-refractivity contribution in [2.45, 2.75) is 174 Å². The number of amides is 5. The van der Waals surface area contributed by atoms with Crippen molar-refractivity contribution in [3.63, 3.8) is 0 Å². The normalized spacial score (nSPS) is 21.0. The predicted molar refractivity (Wildman–Crippen MR) is 278 cm³/mol. The first kappa shape index (κ1) is 54.2. The van der Waals surface area contributed by atoms with Crippen molar-refractivity contribution in [2.24, 2.45) is 16.9 Å². The summed E-state index contributed by atoms with van der Waals surface area (Å²) >= 11 is 1.58. The number of aromatic nitrogens is 1. The average molecular weight is 1010 g/mol. The van der Waals surface area contributed by atoms with Gasteiger partial charge in [-0.3, -0.25) is 33.8 Å². The third kappa shape index (κ3) is 13.0. The Balaban J connectivity index is 0.881. The highest BCUT2D eigenvalue weighted by Gasteiger charge is 2.46. The van der Waals surface area contributed by atoms with Crippen molar-refractivity contribution >= 4 is 46.6 Å². The summed E-state index contributed by atoms with van der Waals surface area (Å²) in [6.07, 6.45) is 1.81. The molecular weight excluding hydrogens is 933 g/mol. The number of para-hydroxylation sites is 1. The molecule has 0 saturated carbocycles. The Bertz CT molecular complexity index is 2580. The summed E-state index contributed by atoms with van der Waals surface area (Å²) in [6.45, 7) is 13.9. The molecule has 1 aromatic heterocycles. The predicted octanol–water partition coefficient (Wildman–Crippen LogP) is 5.19. The minimum Gasteiger partial charge on any atom is -0.392 e. The van der Waals surface area contributed by atoms with Gasteiger partial charge in [0.2, 0.25) is 29.5 Å². The summed E-state index contributed by atoms with van der Waals surface area (Å²) in [6, 6.07) is 16.2. The lowest BCUT2D eigenvalue weighted by Gasteiger charge is -2.40. The van der Waals surface area contributed by atoms with Crippen molar-refractivity contribution < 1.29 is 38.9 Å². The van der Waals surface area contributed by atoms with Gasteiger partial charge >= 0.3 is 0 Å². The number of aryl methyl sites for hydroxylation is 4. The fourth-order valence-corrected chi connectivity index (χ4v) is 11.2. The highest BCUT2D eigenvalue weighted by Crippen LogP contribution is 2.39. The first-order chi connectivity index (χ1) is 34.2. The number of hydrogen-bond donors (Lipinski definition) is 7. The van der Waals surface area contributed by atoms with E-state index in [9.17, 15) is 34.2 Å². The van der Waals surface area contributed by atoms with Crippen molar-refractivity contribution in [2.75, 3.05) is 11.4 Å². The number of thiazole rings is 1. The second-order valence-corrected chi connectivity index (χ2v) is 22.0. The maximum Gasteiger partial charge on any atom is 0.244 e. The first-order valence-electron chi connectivity index (χ1n) is 25.4.